The van der Waals surface area contributed by atoms with Gasteiger partial charge in [0.2, 0.25) is 0 Å². The second-order valence-corrected chi connectivity index (χ2v) is 9.79. The number of aromatic nitrogens is 6. The maximum atomic E-state index is 15.2. The van der Waals surface area contributed by atoms with Crippen LogP contribution in [0.3, 0.4) is 0 Å². The van der Waals surface area contributed by atoms with Crippen molar-refractivity contribution in [2.24, 2.45) is 0 Å². The van der Waals surface area contributed by atoms with Crippen LogP contribution in [0.25, 0.3) is 22.3 Å². The summed E-state index contributed by atoms with van der Waals surface area (Å²) >= 11 is 0. The first-order chi connectivity index (χ1) is 19.5. The number of fused-ring (bicyclic) bond motifs is 1. The Bertz CT molecular complexity index is 1700. The van der Waals surface area contributed by atoms with Crippen molar-refractivity contribution in [1.82, 2.24) is 29.7 Å². The van der Waals surface area contributed by atoms with Gasteiger partial charge >= 0.3 is 6.18 Å². The molecule has 11 nitrogen and oxygen atoms in total. The van der Waals surface area contributed by atoms with Crippen LogP contribution in [-0.4, -0.2) is 48.9 Å². The number of aromatic amines is 1. The predicted octanol–water partition coefficient (Wildman–Crippen LogP) is 3.96. The van der Waals surface area contributed by atoms with E-state index in [2.05, 4.69) is 30.7 Å². The first-order valence-corrected chi connectivity index (χ1v) is 12.8. The number of rotatable bonds is 10. The van der Waals surface area contributed by atoms with Crippen molar-refractivity contribution in [2.75, 3.05) is 17.7 Å². The SMILES string of the molecule is COc1cnc(-c2cc3ncn(CCCC(C)Nc4cn[nH]c(=O)c4C(F)(F)F)c(=O)c3cc2F)nc1NC1CC1. The molecule has 0 amide bonds. The molecule has 1 aromatic carbocycles. The monoisotopic (exact) mass is 574 g/mol. The third-order valence-electron chi connectivity index (χ3n) is 6.62. The quantitative estimate of drug-likeness (QED) is 0.240. The second-order valence-electron chi connectivity index (χ2n) is 9.79. The average molecular weight is 575 g/mol. The topological polar surface area (TPSA) is 140 Å². The molecular weight excluding hydrogens is 548 g/mol. The summed E-state index contributed by atoms with van der Waals surface area (Å²) < 4.78 is 61.6. The van der Waals surface area contributed by atoms with Gasteiger partial charge < -0.3 is 15.4 Å². The lowest BCUT2D eigenvalue weighted by Crippen LogP contribution is -2.27. The van der Waals surface area contributed by atoms with Crippen LogP contribution < -0.4 is 26.5 Å². The van der Waals surface area contributed by atoms with Crippen molar-refractivity contribution in [2.45, 2.75) is 57.4 Å². The van der Waals surface area contributed by atoms with Gasteiger partial charge in [0.25, 0.3) is 11.1 Å². The van der Waals surface area contributed by atoms with Gasteiger partial charge in [-0.2, -0.15) is 18.3 Å². The number of hydrogen-bond donors (Lipinski definition) is 3. The predicted molar refractivity (Wildman–Crippen MR) is 142 cm³/mol. The molecule has 3 heterocycles. The summed E-state index contributed by atoms with van der Waals surface area (Å²) in [6.07, 6.45) is 1.59. The minimum absolute atomic E-state index is 0.0640. The highest BCUT2D eigenvalue weighted by Gasteiger charge is 2.37. The number of nitrogens with zero attached hydrogens (tertiary/aromatic N) is 5. The van der Waals surface area contributed by atoms with Crippen molar-refractivity contribution >= 4 is 22.4 Å². The average Bonchev–Trinajstić information content (AvgIpc) is 3.73. The van der Waals surface area contributed by atoms with Gasteiger partial charge in [0.05, 0.1) is 48.0 Å². The van der Waals surface area contributed by atoms with Crippen LogP contribution >= 0.6 is 0 Å². The molecule has 41 heavy (non-hydrogen) atoms. The van der Waals surface area contributed by atoms with Crippen LogP contribution in [0.5, 0.6) is 5.75 Å². The third-order valence-corrected chi connectivity index (χ3v) is 6.62. The fourth-order valence-corrected chi connectivity index (χ4v) is 4.38. The summed E-state index contributed by atoms with van der Waals surface area (Å²) in [4.78, 5) is 37.7. The smallest absolute Gasteiger partial charge is 0.423 e. The normalized spacial score (nSPS) is 14.2. The molecular formula is C26H26F4N8O3. The molecule has 0 saturated heterocycles. The molecule has 1 unspecified atom stereocenters. The number of alkyl halides is 3. The highest BCUT2D eigenvalue weighted by Crippen LogP contribution is 2.33. The molecule has 0 radical (unpaired) electrons. The van der Waals surface area contributed by atoms with E-state index < -0.39 is 40.4 Å². The van der Waals surface area contributed by atoms with E-state index in [0.29, 0.717) is 24.4 Å². The van der Waals surface area contributed by atoms with E-state index in [1.165, 1.54) is 30.3 Å². The lowest BCUT2D eigenvalue weighted by atomic mass is 10.1. The third kappa shape index (κ3) is 6.12. The molecule has 1 aliphatic carbocycles. The number of aryl methyl sites for hydroxylation is 1. The lowest BCUT2D eigenvalue weighted by Gasteiger charge is -2.18. The maximum Gasteiger partial charge on any atom is 0.423 e. The van der Waals surface area contributed by atoms with Crippen molar-refractivity contribution < 1.29 is 22.3 Å². The van der Waals surface area contributed by atoms with Crippen LogP contribution in [0, 0.1) is 5.82 Å². The van der Waals surface area contributed by atoms with E-state index in [4.69, 9.17) is 4.74 Å². The van der Waals surface area contributed by atoms with Crippen molar-refractivity contribution in [3.8, 4) is 17.1 Å². The summed E-state index contributed by atoms with van der Waals surface area (Å²) in [5.74, 6) is 0.311. The molecule has 1 aliphatic rings. The molecule has 0 spiro atoms. The molecule has 216 valence electrons. The maximum absolute atomic E-state index is 15.2. The Kier molecular flexibility index (Phi) is 7.60. The van der Waals surface area contributed by atoms with Gasteiger partial charge in [0.1, 0.15) is 11.4 Å². The molecule has 0 aliphatic heterocycles. The van der Waals surface area contributed by atoms with Gasteiger partial charge in [0, 0.05) is 18.6 Å². The van der Waals surface area contributed by atoms with Crippen LogP contribution in [0.15, 0.2) is 40.4 Å². The number of hydrogen-bond acceptors (Lipinski definition) is 9. The van der Waals surface area contributed by atoms with Gasteiger partial charge in [-0.3, -0.25) is 14.2 Å². The molecule has 3 N–H and O–H groups in total. The summed E-state index contributed by atoms with van der Waals surface area (Å²) in [7, 11) is 1.49. The number of ether oxygens (including phenoxy) is 1. The number of H-pyrrole nitrogens is 1. The summed E-state index contributed by atoms with van der Waals surface area (Å²) in [6, 6.07) is 2.32. The molecule has 4 aromatic rings. The summed E-state index contributed by atoms with van der Waals surface area (Å²) in [6.45, 7) is 1.83. The summed E-state index contributed by atoms with van der Waals surface area (Å²) in [5.41, 5.74) is -3.25. The Morgan fingerprint density at radius 3 is 2.68 bits per heavy atom. The van der Waals surface area contributed by atoms with Gasteiger partial charge in [0.15, 0.2) is 17.4 Å². The molecule has 15 heteroatoms. The van der Waals surface area contributed by atoms with Crippen molar-refractivity contribution in [1.29, 1.82) is 0 Å². The van der Waals surface area contributed by atoms with E-state index >= 15 is 4.39 Å². The Balaban J connectivity index is 1.30. The van der Waals surface area contributed by atoms with E-state index in [9.17, 15) is 22.8 Å². The van der Waals surface area contributed by atoms with Crippen LogP contribution in [0.1, 0.15) is 38.2 Å². The zero-order valence-corrected chi connectivity index (χ0v) is 22.0. The first-order valence-electron chi connectivity index (χ1n) is 12.8. The second kappa shape index (κ2) is 11.1. The molecule has 1 fully saturated rings. The number of halogens is 4. The number of nitrogens with one attached hydrogen (secondary N) is 3. The van der Waals surface area contributed by atoms with Crippen LogP contribution in [0.2, 0.25) is 0 Å². The summed E-state index contributed by atoms with van der Waals surface area (Å²) in [5, 5.41) is 11.2. The van der Waals surface area contributed by atoms with E-state index in [1.54, 1.807) is 12.0 Å². The fourth-order valence-electron chi connectivity index (χ4n) is 4.38. The molecule has 5 rings (SSSR count). The zero-order chi connectivity index (χ0) is 29.3. The van der Waals surface area contributed by atoms with Gasteiger partial charge in [-0.25, -0.2) is 24.4 Å². The highest BCUT2D eigenvalue weighted by atomic mass is 19.4. The van der Waals surface area contributed by atoms with Crippen LogP contribution in [-0.2, 0) is 12.7 Å². The van der Waals surface area contributed by atoms with Crippen LogP contribution in [0.4, 0.5) is 29.1 Å². The fraction of sp³-hybridized carbons (Fsp3) is 0.385. The largest absolute Gasteiger partial charge is 0.491 e. The molecule has 1 atom stereocenters. The minimum atomic E-state index is -4.85. The van der Waals surface area contributed by atoms with Gasteiger partial charge in [-0.05, 0) is 44.7 Å². The Morgan fingerprint density at radius 2 is 1.98 bits per heavy atom. The zero-order valence-electron chi connectivity index (χ0n) is 22.0. The number of methoxy groups -OCH3 is 1. The Labute approximate surface area is 230 Å². The number of benzene rings is 1. The number of anilines is 2. The van der Waals surface area contributed by atoms with E-state index in [1.807, 2.05) is 0 Å². The Morgan fingerprint density at radius 1 is 1.20 bits per heavy atom. The lowest BCUT2D eigenvalue weighted by molar-refractivity contribution is -0.138. The van der Waals surface area contributed by atoms with E-state index in [-0.39, 0.29) is 34.9 Å². The standard InChI is InChI=1S/C26H26F4N8O3/c1-13(34-19-10-33-37-24(39)21(19)26(28,29)30)4-3-7-38-12-32-18-9-15(17(27)8-16(18)25(38)40)22-31-11-20(41-2)23(36-22)35-14-5-6-14/h8-14H,3-7H2,1-2H3,(H,31,35,36)(H2,34,37,39). The Hall–Kier alpha value is -4.56. The molecule has 3 aromatic heterocycles. The van der Waals surface area contributed by atoms with Crippen molar-refractivity contribution in [3.63, 3.8) is 0 Å². The first kappa shape index (κ1) is 28.0. The molecule has 1 saturated carbocycles. The van der Waals surface area contributed by atoms with Crippen molar-refractivity contribution in [3.05, 3.63) is 62.9 Å². The van der Waals surface area contributed by atoms with E-state index in [0.717, 1.165) is 25.1 Å². The van der Waals surface area contributed by atoms with Gasteiger partial charge in [-0.15, -0.1) is 0 Å². The highest BCUT2D eigenvalue weighted by molar-refractivity contribution is 5.82. The van der Waals surface area contributed by atoms with Gasteiger partial charge in [-0.1, -0.05) is 0 Å². The molecule has 0 bridgehead atoms. The minimum Gasteiger partial charge on any atom is -0.491 e.